The number of carbonyl (C=O) groups is 2. The number of amides is 2. The van der Waals surface area contributed by atoms with Crippen molar-refractivity contribution in [2.45, 2.75) is 13.0 Å². The second-order valence-electron chi connectivity index (χ2n) is 8.65. The average molecular weight is 526 g/mol. The number of nitrogens with zero attached hydrogens (tertiary/aromatic N) is 2. The van der Waals surface area contributed by atoms with E-state index in [0.717, 1.165) is 44.0 Å². The lowest BCUT2D eigenvalue weighted by molar-refractivity contribution is -0.120. The van der Waals surface area contributed by atoms with Crippen LogP contribution in [0.5, 0.6) is 0 Å². The molecule has 0 bridgehead atoms. The summed E-state index contributed by atoms with van der Waals surface area (Å²) in [7, 11) is 0. The molecule has 0 spiro atoms. The minimum absolute atomic E-state index is 0.0267. The van der Waals surface area contributed by atoms with Gasteiger partial charge in [0.1, 0.15) is 0 Å². The van der Waals surface area contributed by atoms with Gasteiger partial charge >= 0.3 is 0 Å². The zero-order chi connectivity index (χ0) is 25.3. The van der Waals surface area contributed by atoms with Crippen molar-refractivity contribution in [3.05, 3.63) is 99.5 Å². The highest BCUT2D eigenvalue weighted by Gasteiger charge is 2.21. The molecule has 0 radical (unpaired) electrons. The van der Waals surface area contributed by atoms with E-state index in [1.807, 2.05) is 54.6 Å². The van der Waals surface area contributed by atoms with Gasteiger partial charge in [-0.3, -0.25) is 14.5 Å². The third-order valence-corrected chi connectivity index (χ3v) is 6.60. The Kier molecular flexibility index (Phi) is 9.36. The van der Waals surface area contributed by atoms with Crippen LogP contribution in [-0.2, 0) is 22.5 Å². The van der Waals surface area contributed by atoms with Crippen molar-refractivity contribution in [1.82, 2.24) is 10.2 Å². The fourth-order valence-corrected chi connectivity index (χ4v) is 4.56. The first-order valence-corrected chi connectivity index (χ1v) is 12.7. The van der Waals surface area contributed by atoms with Crippen molar-refractivity contribution in [2.75, 3.05) is 44.3 Å². The van der Waals surface area contributed by atoms with Crippen molar-refractivity contribution in [1.29, 1.82) is 0 Å². The summed E-state index contributed by atoms with van der Waals surface area (Å²) in [6.45, 7) is 5.09. The molecule has 1 N–H and O–H groups in total. The van der Waals surface area contributed by atoms with E-state index in [2.05, 4.69) is 10.2 Å². The Balaban J connectivity index is 1.43. The van der Waals surface area contributed by atoms with Crippen molar-refractivity contribution in [2.24, 2.45) is 0 Å². The van der Waals surface area contributed by atoms with Crippen LogP contribution < -0.4 is 10.2 Å². The highest BCUT2D eigenvalue weighted by atomic mass is 35.5. The zero-order valence-corrected chi connectivity index (χ0v) is 21.5. The first-order chi connectivity index (χ1) is 17.5. The number of morpholine rings is 1. The third kappa shape index (κ3) is 7.31. The number of carbonyl (C=O) groups excluding carboxylic acids is 2. The molecule has 36 heavy (non-hydrogen) atoms. The Bertz CT molecular complexity index is 1170. The fourth-order valence-electron chi connectivity index (χ4n) is 4.07. The minimum Gasteiger partial charge on any atom is -0.379 e. The van der Waals surface area contributed by atoms with Crippen LogP contribution in [0.3, 0.4) is 0 Å². The molecule has 0 atom stereocenters. The normalized spacial score (nSPS) is 13.8. The van der Waals surface area contributed by atoms with E-state index in [9.17, 15) is 9.59 Å². The average Bonchev–Trinajstić information content (AvgIpc) is 2.89. The molecule has 188 valence electrons. The number of nitrogens with one attached hydrogen (secondary N) is 1. The van der Waals surface area contributed by atoms with E-state index in [1.54, 1.807) is 23.1 Å². The summed E-state index contributed by atoms with van der Waals surface area (Å²) < 4.78 is 5.35. The number of ether oxygens (including phenoxy) is 1. The molecule has 1 aliphatic heterocycles. The van der Waals surface area contributed by atoms with Crippen LogP contribution in [0.2, 0.25) is 10.0 Å². The smallest absolute Gasteiger partial charge is 0.260 e. The lowest BCUT2D eigenvalue weighted by Gasteiger charge is -2.26. The lowest BCUT2D eigenvalue weighted by Crippen LogP contribution is -2.41. The first-order valence-electron chi connectivity index (χ1n) is 12.0. The van der Waals surface area contributed by atoms with Gasteiger partial charge in [0.05, 0.1) is 36.8 Å². The van der Waals surface area contributed by atoms with E-state index in [-0.39, 0.29) is 18.2 Å². The van der Waals surface area contributed by atoms with Crippen LogP contribution in [0.25, 0.3) is 0 Å². The summed E-state index contributed by atoms with van der Waals surface area (Å²) in [6, 6.07) is 22.1. The van der Waals surface area contributed by atoms with E-state index in [1.165, 1.54) is 0 Å². The zero-order valence-electron chi connectivity index (χ0n) is 20.0. The monoisotopic (exact) mass is 525 g/mol. The number of hydrogen-bond donors (Lipinski definition) is 1. The highest BCUT2D eigenvalue weighted by molar-refractivity contribution is 6.37. The van der Waals surface area contributed by atoms with Gasteiger partial charge in [-0.25, -0.2) is 0 Å². The first kappa shape index (κ1) is 26.2. The van der Waals surface area contributed by atoms with Crippen molar-refractivity contribution < 1.29 is 14.3 Å². The molecule has 0 aromatic heterocycles. The molecular weight excluding hydrogens is 497 g/mol. The quantitative estimate of drug-likeness (QED) is 0.434. The van der Waals surface area contributed by atoms with Crippen molar-refractivity contribution >= 4 is 40.7 Å². The number of anilines is 1. The number of rotatable bonds is 9. The lowest BCUT2D eigenvalue weighted by atomic mass is 10.1. The molecule has 6 nitrogen and oxygen atoms in total. The second-order valence-corrected chi connectivity index (χ2v) is 9.49. The van der Waals surface area contributed by atoms with Crippen LogP contribution in [0.1, 0.15) is 21.5 Å². The summed E-state index contributed by atoms with van der Waals surface area (Å²) in [4.78, 5) is 29.9. The van der Waals surface area contributed by atoms with Gasteiger partial charge < -0.3 is 15.0 Å². The Morgan fingerprint density at radius 2 is 1.64 bits per heavy atom. The molecule has 0 aliphatic carbocycles. The maximum atomic E-state index is 13.5. The molecule has 0 unspecified atom stereocenters. The topological polar surface area (TPSA) is 61.9 Å². The van der Waals surface area contributed by atoms with Crippen LogP contribution in [0, 0.1) is 0 Å². The predicted molar refractivity (Wildman–Crippen MR) is 144 cm³/mol. The van der Waals surface area contributed by atoms with Gasteiger partial charge in [-0.2, -0.15) is 0 Å². The third-order valence-electron chi connectivity index (χ3n) is 6.06. The summed E-state index contributed by atoms with van der Waals surface area (Å²) in [5, 5.41) is 3.76. The molecule has 1 aliphatic rings. The number of benzene rings is 3. The Morgan fingerprint density at radius 3 is 2.33 bits per heavy atom. The van der Waals surface area contributed by atoms with Gasteiger partial charge in [-0.1, -0.05) is 65.7 Å². The number of hydrogen-bond acceptors (Lipinski definition) is 4. The van der Waals surface area contributed by atoms with Gasteiger partial charge in [0.2, 0.25) is 5.91 Å². The minimum atomic E-state index is -0.228. The van der Waals surface area contributed by atoms with E-state index in [0.29, 0.717) is 34.4 Å². The molecule has 4 rings (SSSR count). The van der Waals surface area contributed by atoms with E-state index >= 15 is 0 Å². The van der Waals surface area contributed by atoms with Gasteiger partial charge in [-0.15, -0.1) is 0 Å². The van der Waals surface area contributed by atoms with E-state index in [4.69, 9.17) is 27.9 Å². The largest absolute Gasteiger partial charge is 0.379 e. The van der Waals surface area contributed by atoms with Gasteiger partial charge in [-0.05, 0) is 41.5 Å². The van der Waals surface area contributed by atoms with Gasteiger partial charge in [0.25, 0.3) is 5.91 Å². The maximum absolute atomic E-state index is 13.5. The Labute approximate surface area is 221 Å². The standard InChI is InChI=1S/C28H29Cl2N3O3/c29-23-8-11-25(26(30)19-23)28(35)33(20-22-4-2-1-3-5-22)24-9-6-21(7-10-24)18-27(34)31-12-13-32-14-16-36-17-15-32/h1-11,19H,12-18,20H2,(H,31,34). The Morgan fingerprint density at radius 1 is 0.917 bits per heavy atom. The molecule has 3 aromatic rings. The fraction of sp³-hybridized carbons (Fsp3) is 0.286. The SMILES string of the molecule is O=C(Cc1ccc(N(Cc2ccccc2)C(=O)c2ccc(Cl)cc2Cl)cc1)NCCN1CCOCC1. The van der Waals surface area contributed by atoms with Crippen LogP contribution >= 0.6 is 23.2 Å². The summed E-state index contributed by atoms with van der Waals surface area (Å²) in [5.41, 5.74) is 2.95. The second kappa shape index (κ2) is 12.9. The van der Waals surface area contributed by atoms with Crippen molar-refractivity contribution in [3.8, 4) is 0 Å². The van der Waals surface area contributed by atoms with Crippen LogP contribution in [-0.4, -0.2) is 56.1 Å². The Hall–Kier alpha value is -2.90. The molecule has 8 heteroatoms. The summed E-state index contributed by atoms with van der Waals surface area (Å²) in [5.74, 6) is -0.254. The highest BCUT2D eigenvalue weighted by Crippen LogP contribution is 2.26. The van der Waals surface area contributed by atoms with Crippen LogP contribution in [0.15, 0.2) is 72.8 Å². The molecule has 1 fully saturated rings. The number of halogens is 2. The molecule has 3 aromatic carbocycles. The molecule has 0 saturated carbocycles. The van der Waals surface area contributed by atoms with Gasteiger partial charge in [0, 0.05) is 36.9 Å². The maximum Gasteiger partial charge on any atom is 0.260 e. The molecule has 1 saturated heterocycles. The molecule has 1 heterocycles. The molecule has 2 amide bonds. The molecular formula is C28H29Cl2N3O3. The van der Waals surface area contributed by atoms with Crippen molar-refractivity contribution in [3.63, 3.8) is 0 Å². The van der Waals surface area contributed by atoms with Gasteiger partial charge in [0.15, 0.2) is 0 Å². The van der Waals surface area contributed by atoms with E-state index < -0.39 is 0 Å². The summed E-state index contributed by atoms with van der Waals surface area (Å²) in [6.07, 6.45) is 0.277. The predicted octanol–water partition coefficient (Wildman–Crippen LogP) is 4.83. The van der Waals surface area contributed by atoms with Crippen LogP contribution in [0.4, 0.5) is 5.69 Å². The summed E-state index contributed by atoms with van der Waals surface area (Å²) >= 11 is 12.4.